The molecule has 0 spiro atoms. The Bertz CT molecular complexity index is 362. The van der Waals surface area contributed by atoms with Gasteiger partial charge in [0.1, 0.15) is 0 Å². The van der Waals surface area contributed by atoms with Crippen molar-refractivity contribution < 1.29 is 0 Å². The van der Waals surface area contributed by atoms with E-state index in [0.717, 1.165) is 5.69 Å². The summed E-state index contributed by atoms with van der Waals surface area (Å²) < 4.78 is 0. The minimum absolute atomic E-state index is 0.197. The predicted octanol–water partition coefficient (Wildman–Crippen LogP) is 1.94. The minimum atomic E-state index is 0.197. The van der Waals surface area contributed by atoms with E-state index >= 15 is 0 Å². The van der Waals surface area contributed by atoms with E-state index in [4.69, 9.17) is 5.84 Å². The number of nitrogens with two attached hydrogens (primary N) is 1. The third kappa shape index (κ3) is 3.24. The van der Waals surface area contributed by atoms with E-state index < -0.39 is 0 Å². The summed E-state index contributed by atoms with van der Waals surface area (Å²) in [5.74, 6) is 6.02. The van der Waals surface area contributed by atoms with Crippen molar-refractivity contribution in [2.75, 3.05) is 5.32 Å². The lowest BCUT2D eigenvalue weighted by Gasteiger charge is -2.14. The van der Waals surface area contributed by atoms with Gasteiger partial charge in [-0.2, -0.15) is 0 Å². The second-order valence-electron chi connectivity index (χ2n) is 4.11. The maximum absolute atomic E-state index is 5.43. The Labute approximate surface area is 96.9 Å². The largest absolute Gasteiger partial charge is 0.325 e. The van der Waals surface area contributed by atoms with Gasteiger partial charge in [0, 0.05) is 11.7 Å². The first-order valence-electron chi connectivity index (χ1n) is 5.42. The van der Waals surface area contributed by atoms with Crippen LogP contribution in [0.25, 0.3) is 0 Å². The van der Waals surface area contributed by atoms with Crippen molar-refractivity contribution in [1.29, 1.82) is 0 Å². The van der Waals surface area contributed by atoms with Gasteiger partial charge in [-0.1, -0.05) is 18.2 Å². The summed E-state index contributed by atoms with van der Waals surface area (Å²) in [5.41, 5.74) is 5.98. The third-order valence-electron chi connectivity index (χ3n) is 2.25. The average Bonchev–Trinajstić information content (AvgIpc) is 2.21. The highest BCUT2D eigenvalue weighted by Gasteiger charge is 2.04. The normalized spacial score (nSPS) is 11.8. The zero-order valence-corrected chi connectivity index (χ0v) is 10.3. The molecule has 0 aliphatic heterocycles. The van der Waals surface area contributed by atoms with Crippen LogP contribution in [0.4, 0.5) is 5.69 Å². The molecule has 0 saturated carbocycles. The van der Waals surface area contributed by atoms with E-state index in [1.807, 2.05) is 19.9 Å². The van der Waals surface area contributed by atoms with Crippen molar-refractivity contribution in [2.24, 2.45) is 10.8 Å². The van der Waals surface area contributed by atoms with Crippen LogP contribution in [0.2, 0.25) is 0 Å². The number of benzene rings is 1. The van der Waals surface area contributed by atoms with E-state index in [9.17, 15) is 0 Å². The summed E-state index contributed by atoms with van der Waals surface area (Å²) in [7, 11) is 0. The van der Waals surface area contributed by atoms with Gasteiger partial charge >= 0.3 is 0 Å². The number of hydrazine groups is 1. The minimum Gasteiger partial charge on any atom is -0.325 e. The Morgan fingerprint density at radius 2 is 1.81 bits per heavy atom. The van der Waals surface area contributed by atoms with E-state index in [2.05, 4.69) is 41.7 Å². The topological polar surface area (TPSA) is 62.4 Å². The molecule has 0 unspecified atom stereocenters. The molecule has 0 atom stereocenters. The fourth-order valence-corrected chi connectivity index (χ4v) is 1.49. The van der Waals surface area contributed by atoms with Crippen LogP contribution in [0.1, 0.15) is 25.0 Å². The number of aliphatic imine (C=N–C) groups is 1. The Kier molecular flexibility index (Phi) is 4.31. The predicted molar refractivity (Wildman–Crippen MR) is 69.4 cm³/mol. The quantitative estimate of drug-likeness (QED) is 0.309. The van der Waals surface area contributed by atoms with Crippen LogP contribution < -0.4 is 16.6 Å². The average molecular weight is 220 g/mol. The first-order valence-corrected chi connectivity index (χ1v) is 5.42. The van der Waals surface area contributed by atoms with Crippen LogP contribution in [-0.2, 0) is 0 Å². The molecule has 4 nitrogen and oxygen atoms in total. The lowest BCUT2D eigenvalue weighted by molar-refractivity contribution is 0.818. The van der Waals surface area contributed by atoms with Crippen molar-refractivity contribution in [2.45, 2.75) is 33.7 Å². The number of nitrogens with zero attached hydrogens (tertiary/aromatic N) is 1. The lowest BCUT2D eigenvalue weighted by Crippen LogP contribution is -2.37. The van der Waals surface area contributed by atoms with Crippen LogP contribution in [-0.4, -0.2) is 12.0 Å². The molecule has 4 N–H and O–H groups in total. The summed E-state index contributed by atoms with van der Waals surface area (Å²) in [6, 6.07) is 6.34. The molecule has 16 heavy (non-hydrogen) atoms. The first kappa shape index (κ1) is 12.5. The van der Waals surface area contributed by atoms with Crippen LogP contribution in [0.5, 0.6) is 0 Å². The molecule has 0 aliphatic carbocycles. The number of nitrogens with one attached hydrogen (secondary N) is 2. The maximum atomic E-state index is 5.43. The van der Waals surface area contributed by atoms with Crippen LogP contribution in [0.15, 0.2) is 23.2 Å². The number of anilines is 1. The van der Waals surface area contributed by atoms with Crippen molar-refractivity contribution in [3.05, 3.63) is 29.3 Å². The Morgan fingerprint density at radius 1 is 1.25 bits per heavy atom. The van der Waals surface area contributed by atoms with Crippen LogP contribution in [0, 0.1) is 13.8 Å². The molecular weight excluding hydrogens is 200 g/mol. The molecule has 0 radical (unpaired) electrons. The van der Waals surface area contributed by atoms with Crippen LogP contribution >= 0.6 is 0 Å². The molecule has 0 saturated heterocycles. The second kappa shape index (κ2) is 5.51. The number of para-hydroxylation sites is 1. The molecule has 0 aromatic heterocycles. The van der Waals surface area contributed by atoms with Gasteiger partial charge in [-0.15, -0.1) is 0 Å². The molecule has 0 aliphatic rings. The van der Waals surface area contributed by atoms with Gasteiger partial charge in [-0.25, -0.2) is 10.8 Å². The van der Waals surface area contributed by atoms with Gasteiger partial charge in [0.05, 0.1) is 0 Å². The third-order valence-corrected chi connectivity index (χ3v) is 2.25. The SMILES string of the molecule is Cc1cccc(C)c1NC(=NC(C)C)NN. The summed E-state index contributed by atoms with van der Waals surface area (Å²) in [6.07, 6.45) is 0. The zero-order chi connectivity index (χ0) is 12.1. The highest BCUT2D eigenvalue weighted by molar-refractivity contribution is 5.94. The maximum Gasteiger partial charge on any atom is 0.210 e. The van der Waals surface area contributed by atoms with E-state index in [1.165, 1.54) is 11.1 Å². The molecule has 1 aromatic rings. The lowest BCUT2D eigenvalue weighted by atomic mass is 10.1. The molecule has 0 bridgehead atoms. The van der Waals surface area contributed by atoms with Crippen molar-refractivity contribution in [1.82, 2.24) is 5.43 Å². The highest BCUT2D eigenvalue weighted by Crippen LogP contribution is 2.19. The van der Waals surface area contributed by atoms with E-state index in [1.54, 1.807) is 0 Å². The zero-order valence-electron chi connectivity index (χ0n) is 10.3. The van der Waals surface area contributed by atoms with Gasteiger partial charge < -0.3 is 5.32 Å². The van der Waals surface area contributed by atoms with Gasteiger partial charge in [0.2, 0.25) is 5.96 Å². The fourth-order valence-electron chi connectivity index (χ4n) is 1.49. The monoisotopic (exact) mass is 220 g/mol. The van der Waals surface area contributed by atoms with E-state index in [0.29, 0.717) is 5.96 Å². The molecule has 0 fully saturated rings. The fraction of sp³-hybridized carbons (Fsp3) is 0.417. The Hall–Kier alpha value is -1.55. The van der Waals surface area contributed by atoms with Crippen molar-refractivity contribution >= 4 is 11.6 Å². The summed E-state index contributed by atoms with van der Waals surface area (Å²) >= 11 is 0. The summed E-state index contributed by atoms with van der Waals surface area (Å²) in [6.45, 7) is 8.12. The molecule has 0 heterocycles. The molecule has 4 heteroatoms. The summed E-state index contributed by atoms with van der Waals surface area (Å²) in [4.78, 5) is 4.34. The smallest absolute Gasteiger partial charge is 0.210 e. The van der Waals surface area contributed by atoms with Crippen molar-refractivity contribution in [3.8, 4) is 0 Å². The van der Waals surface area contributed by atoms with Crippen LogP contribution in [0.3, 0.4) is 0 Å². The molecule has 1 rings (SSSR count). The van der Waals surface area contributed by atoms with Crippen molar-refractivity contribution in [3.63, 3.8) is 0 Å². The highest BCUT2D eigenvalue weighted by atomic mass is 15.3. The number of rotatable bonds is 2. The number of hydrogen-bond donors (Lipinski definition) is 3. The molecule has 88 valence electrons. The standard InChI is InChI=1S/C12H20N4/c1-8(2)14-12(16-13)15-11-9(3)6-5-7-10(11)4/h5-8H,13H2,1-4H3,(H2,14,15,16). The van der Waals surface area contributed by atoms with E-state index in [-0.39, 0.29) is 6.04 Å². The number of guanidine groups is 1. The Balaban J connectivity index is 2.94. The first-order chi connectivity index (χ1) is 7.54. The molecular formula is C12H20N4. The Morgan fingerprint density at radius 3 is 2.25 bits per heavy atom. The van der Waals surface area contributed by atoms with Gasteiger partial charge in [0.25, 0.3) is 0 Å². The molecule has 0 amide bonds. The summed E-state index contributed by atoms with van der Waals surface area (Å²) in [5, 5.41) is 3.21. The van der Waals surface area contributed by atoms with Gasteiger partial charge in [0.15, 0.2) is 0 Å². The number of aryl methyl sites for hydroxylation is 2. The number of hydrogen-bond acceptors (Lipinski definition) is 2. The van der Waals surface area contributed by atoms with Gasteiger partial charge in [-0.3, -0.25) is 5.43 Å². The van der Waals surface area contributed by atoms with Gasteiger partial charge in [-0.05, 0) is 38.8 Å². The molecule has 1 aromatic carbocycles. The second-order valence-corrected chi connectivity index (χ2v) is 4.11.